The molecule has 2 aromatic carbocycles. The summed E-state index contributed by atoms with van der Waals surface area (Å²) in [5.74, 6) is 2.97. The number of para-hydroxylation sites is 2. The van der Waals surface area contributed by atoms with E-state index in [1.54, 1.807) is 0 Å². The highest BCUT2D eigenvalue weighted by Crippen LogP contribution is 2.30. The molecule has 3 aromatic rings. The highest BCUT2D eigenvalue weighted by molar-refractivity contribution is 5.95. The van der Waals surface area contributed by atoms with Crippen LogP contribution in [-0.2, 0) is 6.54 Å². The van der Waals surface area contributed by atoms with E-state index in [9.17, 15) is 4.79 Å². The lowest BCUT2D eigenvalue weighted by atomic mass is 9.96. The minimum Gasteiger partial charge on any atom is -0.490 e. The Kier molecular flexibility index (Phi) is 6.44. The monoisotopic (exact) mass is 421 g/mol. The number of nitrogens with zero attached hydrogens (tertiary/aromatic N) is 3. The highest BCUT2D eigenvalue weighted by Gasteiger charge is 2.25. The Bertz CT molecular complexity index is 1050. The zero-order valence-corrected chi connectivity index (χ0v) is 18.6. The molecule has 2 heterocycles. The van der Waals surface area contributed by atoms with Gasteiger partial charge in [0.05, 0.1) is 24.2 Å². The molecule has 4 rings (SSSR count). The fraction of sp³-hybridized carbons (Fsp3) is 0.440. The number of amides is 1. The Morgan fingerprint density at radius 3 is 2.48 bits per heavy atom. The van der Waals surface area contributed by atoms with Crippen LogP contribution in [0.4, 0.5) is 0 Å². The first kappa shape index (κ1) is 21.2. The molecule has 1 aliphatic heterocycles. The Hall–Kier alpha value is -3.02. The minimum absolute atomic E-state index is 0.0618. The third kappa shape index (κ3) is 4.53. The van der Waals surface area contributed by atoms with E-state index < -0.39 is 0 Å². The molecule has 0 unspecified atom stereocenters. The quantitative estimate of drug-likeness (QED) is 0.555. The van der Waals surface area contributed by atoms with Gasteiger partial charge >= 0.3 is 0 Å². The van der Waals surface area contributed by atoms with Crippen molar-refractivity contribution >= 4 is 16.9 Å². The van der Waals surface area contributed by atoms with Gasteiger partial charge in [-0.1, -0.05) is 12.1 Å². The molecule has 0 aliphatic carbocycles. The molecule has 0 atom stereocenters. The van der Waals surface area contributed by atoms with Gasteiger partial charge in [-0.25, -0.2) is 4.98 Å². The van der Waals surface area contributed by atoms with Crippen LogP contribution in [0, 0.1) is 12.8 Å². The number of imidazole rings is 1. The number of likely N-dealkylation sites (tertiary alicyclic amines) is 1. The van der Waals surface area contributed by atoms with Gasteiger partial charge in [0.2, 0.25) is 0 Å². The first-order valence-corrected chi connectivity index (χ1v) is 11.2. The van der Waals surface area contributed by atoms with Crippen molar-refractivity contribution in [2.24, 2.45) is 5.92 Å². The van der Waals surface area contributed by atoms with Gasteiger partial charge in [0.25, 0.3) is 5.91 Å². The van der Waals surface area contributed by atoms with Gasteiger partial charge in [0.15, 0.2) is 11.5 Å². The predicted octanol–water partition coefficient (Wildman–Crippen LogP) is 4.69. The second kappa shape index (κ2) is 9.41. The van der Waals surface area contributed by atoms with Crippen molar-refractivity contribution in [2.75, 3.05) is 26.3 Å². The van der Waals surface area contributed by atoms with Gasteiger partial charge in [-0.3, -0.25) is 4.79 Å². The van der Waals surface area contributed by atoms with Gasteiger partial charge in [0.1, 0.15) is 5.82 Å². The molecule has 0 N–H and O–H groups in total. The van der Waals surface area contributed by atoms with Crippen molar-refractivity contribution in [2.45, 2.75) is 40.2 Å². The maximum atomic E-state index is 13.1. The summed E-state index contributed by atoms with van der Waals surface area (Å²) in [5, 5.41) is 0. The fourth-order valence-corrected chi connectivity index (χ4v) is 4.37. The normalized spacial score (nSPS) is 14.7. The van der Waals surface area contributed by atoms with E-state index in [1.807, 2.05) is 43.0 Å². The van der Waals surface area contributed by atoms with Crippen molar-refractivity contribution < 1.29 is 14.3 Å². The van der Waals surface area contributed by atoms with Gasteiger partial charge in [-0.2, -0.15) is 0 Å². The molecule has 0 radical (unpaired) electrons. The zero-order valence-electron chi connectivity index (χ0n) is 18.6. The Morgan fingerprint density at radius 2 is 1.74 bits per heavy atom. The van der Waals surface area contributed by atoms with E-state index in [1.165, 1.54) is 5.52 Å². The van der Waals surface area contributed by atoms with Crippen LogP contribution in [0.2, 0.25) is 0 Å². The number of carbonyl (C=O) groups is 1. The van der Waals surface area contributed by atoms with E-state index in [2.05, 4.69) is 34.7 Å². The van der Waals surface area contributed by atoms with E-state index in [0.717, 1.165) is 43.8 Å². The zero-order chi connectivity index (χ0) is 21.8. The smallest absolute Gasteiger partial charge is 0.253 e. The van der Waals surface area contributed by atoms with E-state index >= 15 is 0 Å². The molecule has 1 saturated heterocycles. The van der Waals surface area contributed by atoms with Crippen molar-refractivity contribution in [3.8, 4) is 11.5 Å². The number of hydrogen-bond donors (Lipinski definition) is 0. The molecular formula is C25H31N3O3. The summed E-state index contributed by atoms with van der Waals surface area (Å²) in [5.41, 5.74) is 2.89. The number of hydrogen-bond acceptors (Lipinski definition) is 4. The standard InChI is InChI=1S/C25H31N3O3/c1-4-30-23-11-10-20(16-24(23)31-5-2)25(29)27-14-12-19(13-15-27)17-28-18(3)26-21-8-6-7-9-22(21)28/h6-11,16,19H,4-5,12-15,17H2,1-3H3. The Balaban J connectivity index is 1.41. The summed E-state index contributed by atoms with van der Waals surface area (Å²) in [4.78, 5) is 19.7. The third-order valence-corrected chi connectivity index (χ3v) is 5.98. The number of fused-ring (bicyclic) bond motifs is 1. The van der Waals surface area contributed by atoms with Crippen molar-refractivity contribution in [1.29, 1.82) is 0 Å². The van der Waals surface area contributed by atoms with Gasteiger partial charge in [0, 0.05) is 25.2 Å². The molecule has 0 saturated carbocycles. The fourth-order valence-electron chi connectivity index (χ4n) is 4.37. The number of carbonyl (C=O) groups excluding carboxylic acids is 1. The lowest BCUT2D eigenvalue weighted by Gasteiger charge is -2.32. The van der Waals surface area contributed by atoms with Crippen molar-refractivity contribution in [3.05, 3.63) is 53.9 Å². The Morgan fingerprint density at radius 1 is 1.03 bits per heavy atom. The van der Waals surface area contributed by atoms with E-state index in [-0.39, 0.29) is 5.91 Å². The third-order valence-electron chi connectivity index (χ3n) is 5.98. The lowest BCUT2D eigenvalue weighted by molar-refractivity contribution is 0.0682. The largest absolute Gasteiger partial charge is 0.490 e. The van der Waals surface area contributed by atoms with Gasteiger partial charge in [-0.05, 0) is 69.9 Å². The molecule has 1 aromatic heterocycles. The lowest BCUT2D eigenvalue weighted by Crippen LogP contribution is -2.39. The van der Waals surface area contributed by atoms with Crippen LogP contribution < -0.4 is 9.47 Å². The van der Waals surface area contributed by atoms with Crippen LogP contribution in [0.5, 0.6) is 11.5 Å². The molecule has 1 amide bonds. The van der Waals surface area contributed by atoms with E-state index in [0.29, 0.717) is 36.2 Å². The number of piperidine rings is 1. The molecule has 0 bridgehead atoms. The van der Waals surface area contributed by atoms with Crippen LogP contribution >= 0.6 is 0 Å². The van der Waals surface area contributed by atoms with E-state index in [4.69, 9.17) is 9.47 Å². The number of rotatable bonds is 7. The van der Waals surface area contributed by atoms with Crippen LogP contribution in [0.25, 0.3) is 11.0 Å². The first-order valence-electron chi connectivity index (χ1n) is 11.2. The molecule has 31 heavy (non-hydrogen) atoms. The maximum absolute atomic E-state index is 13.1. The molecular weight excluding hydrogens is 390 g/mol. The van der Waals surface area contributed by atoms with Gasteiger partial charge < -0.3 is 18.9 Å². The van der Waals surface area contributed by atoms with Crippen LogP contribution in [0.15, 0.2) is 42.5 Å². The predicted molar refractivity (Wildman–Crippen MR) is 122 cm³/mol. The summed E-state index contributed by atoms with van der Waals surface area (Å²) < 4.78 is 13.6. The second-order valence-electron chi connectivity index (χ2n) is 8.02. The average molecular weight is 422 g/mol. The highest BCUT2D eigenvalue weighted by atomic mass is 16.5. The average Bonchev–Trinajstić information content (AvgIpc) is 3.10. The first-order chi connectivity index (χ1) is 15.1. The van der Waals surface area contributed by atoms with Crippen LogP contribution in [-0.4, -0.2) is 46.7 Å². The summed E-state index contributed by atoms with van der Waals surface area (Å²) in [6.45, 7) is 9.52. The second-order valence-corrected chi connectivity index (χ2v) is 8.02. The SMILES string of the molecule is CCOc1ccc(C(=O)N2CCC(Cn3c(C)nc4ccccc43)CC2)cc1OCC. The van der Waals surface area contributed by atoms with Crippen LogP contribution in [0.3, 0.4) is 0 Å². The molecule has 6 heteroatoms. The topological polar surface area (TPSA) is 56.6 Å². The number of benzene rings is 2. The number of aryl methyl sites for hydroxylation is 1. The summed E-state index contributed by atoms with van der Waals surface area (Å²) in [6, 6.07) is 13.8. The molecule has 1 fully saturated rings. The summed E-state index contributed by atoms with van der Waals surface area (Å²) in [7, 11) is 0. The maximum Gasteiger partial charge on any atom is 0.253 e. The molecule has 1 aliphatic rings. The Labute approximate surface area is 183 Å². The van der Waals surface area contributed by atoms with Crippen molar-refractivity contribution in [3.63, 3.8) is 0 Å². The summed E-state index contributed by atoms with van der Waals surface area (Å²) >= 11 is 0. The van der Waals surface area contributed by atoms with Crippen LogP contribution in [0.1, 0.15) is 42.9 Å². The molecule has 6 nitrogen and oxygen atoms in total. The van der Waals surface area contributed by atoms with Gasteiger partial charge in [-0.15, -0.1) is 0 Å². The number of ether oxygens (including phenoxy) is 2. The molecule has 0 spiro atoms. The minimum atomic E-state index is 0.0618. The van der Waals surface area contributed by atoms with Crippen molar-refractivity contribution in [1.82, 2.24) is 14.5 Å². The molecule has 164 valence electrons. The number of aromatic nitrogens is 2. The summed E-state index contributed by atoms with van der Waals surface area (Å²) in [6.07, 6.45) is 1.99.